The molecule has 200 valence electrons. The number of ether oxygens (including phenoxy) is 2. The van der Waals surface area contributed by atoms with E-state index < -0.39 is 5.60 Å². The maximum atomic E-state index is 12.3. The minimum Gasteiger partial charge on any atom is -0.462 e. The fourth-order valence-electron chi connectivity index (χ4n) is 6.56. The van der Waals surface area contributed by atoms with Crippen molar-refractivity contribution >= 4 is 17.7 Å². The van der Waals surface area contributed by atoms with Crippen molar-refractivity contribution in [3.63, 3.8) is 0 Å². The highest BCUT2D eigenvalue weighted by Crippen LogP contribution is 2.57. The molecule has 0 aromatic carbocycles. The van der Waals surface area contributed by atoms with Gasteiger partial charge in [0.25, 0.3) is 0 Å². The summed E-state index contributed by atoms with van der Waals surface area (Å²) >= 11 is 0. The van der Waals surface area contributed by atoms with Crippen molar-refractivity contribution in [3.8, 4) is 0 Å². The van der Waals surface area contributed by atoms with E-state index in [1.807, 2.05) is 0 Å². The third kappa shape index (κ3) is 6.96. The number of ketones is 1. The average Bonchev–Trinajstić information content (AvgIpc) is 3.11. The summed E-state index contributed by atoms with van der Waals surface area (Å²) in [6.45, 7) is 10.5. The van der Waals surface area contributed by atoms with E-state index in [1.54, 1.807) is 13.8 Å². The van der Waals surface area contributed by atoms with Gasteiger partial charge >= 0.3 is 11.9 Å². The minimum absolute atomic E-state index is 0.0902. The Kier molecular flexibility index (Phi) is 9.02. The van der Waals surface area contributed by atoms with E-state index in [0.717, 1.165) is 37.7 Å². The molecule has 0 amide bonds. The number of carbonyl (C=O) groups excluding carboxylic acids is 3. The van der Waals surface area contributed by atoms with Gasteiger partial charge in [-0.25, -0.2) is 0 Å². The van der Waals surface area contributed by atoms with Gasteiger partial charge in [0, 0.05) is 39.5 Å². The normalized spacial score (nSPS) is 31.5. The molecule has 6 nitrogen and oxygen atoms in total. The van der Waals surface area contributed by atoms with Crippen LogP contribution in [0.3, 0.4) is 0 Å². The SMILES string of the molecule is CC(=O)OC1CC(=C/C=C2\CCC[C@]3(C)C([C@H](C)CCC(=O)C(C)(C)O)=CCC23)C[C@@H](OC(C)=O)C1. The average molecular weight is 501 g/mol. The number of esters is 2. The van der Waals surface area contributed by atoms with Crippen molar-refractivity contribution in [2.45, 2.75) is 117 Å². The zero-order valence-electron chi connectivity index (χ0n) is 22.9. The number of hydrogen-bond donors (Lipinski definition) is 1. The van der Waals surface area contributed by atoms with Crippen LogP contribution in [0.4, 0.5) is 0 Å². The van der Waals surface area contributed by atoms with Crippen LogP contribution in [0, 0.1) is 17.3 Å². The molecular formula is C30H44O6. The van der Waals surface area contributed by atoms with Gasteiger partial charge in [-0.1, -0.05) is 48.8 Å². The highest BCUT2D eigenvalue weighted by Gasteiger charge is 2.46. The smallest absolute Gasteiger partial charge is 0.302 e. The maximum absolute atomic E-state index is 12.3. The number of Topliss-reactive ketones (excluding diaryl/α,β-unsaturated/α-hetero) is 1. The van der Waals surface area contributed by atoms with Gasteiger partial charge in [-0.15, -0.1) is 0 Å². The van der Waals surface area contributed by atoms with E-state index >= 15 is 0 Å². The van der Waals surface area contributed by atoms with E-state index in [-0.39, 0.29) is 35.3 Å². The van der Waals surface area contributed by atoms with Crippen molar-refractivity contribution in [1.29, 1.82) is 0 Å². The first-order valence-electron chi connectivity index (χ1n) is 13.5. The Labute approximate surface area is 216 Å². The van der Waals surface area contributed by atoms with E-state index in [2.05, 4.69) is 32.1 Å². The van der Waals surface area contributed by atoms with Crippen LogP contribution in [0.5, 0.6) is 0 Å². The molecule has 0 aromatic rings. The molecule has 0 radical (unpaired) electrons. The summed E-state index contributed by atoms with van der Waals surface area (Å²) in [4.78, 5) is 35.3. The number of aliphatic hydroxyl groups is 1. The molecule has 0 saturated heterocycles. The molecule has 0 aliphatic heterocycles. The topological polar surface area (TPSA) is 89.9 Å². The summed E-state index contributed by atoms with van der Waals surface area (Å²) in [5.41, 5.74) is 2.86. The molecule has 0 heterocycles. The molecule has 3 aliphatic rings. The first-order valence-corrected chi connectivity index (χ1v) is 13.5. The van der Waals surface area contributed by atoms with Crippen LogP contribution in [0.15, 0.2) is 34.9 Å². The van der Waals surface area contributed by atoms with Gasteiger partial charge in [0.2, 0.25) is 0 Å². The lowest BCUT2D eigenvalue weighted by Gasteiger charge is -2.42. The second-order valence-corrected chi connectivity index (χ2v) is 11.8. The molecule has 2 unspecified atom stereocenters. The Bertz CT molecular complexity index is 923. The first kappa shape index (κ1) is 28.4. The van der Waals surface area contributed by atoms with E-state index in [4.69, 9.17) is 9.47 Å². The first-order chi connectivity index (χ1) is 16.8. The van der Waals surface area contributed by atoms with E-state index in [9.17, 15) is 19.5 Å². The predicted octanol–water partition coefficient (Wildman–Crippen LogP) is 5.78. The Morgan fingerprint density at radius 2 is 1.75 bits per heavy atom. The monoisotopic (exact) mass is 500 g/mol. The van der Waals surface area contributed by atoms with Crippen LogP contribution in [-0.4, -0.2) is 40.6 Å². The molecule has 0 bridgehead atoms. The third-order valence-electron chi connectivity index (χ3n) is 8.33. The number of rotatable bonds is 8. The number of carbonyl (C=O) groups is 3. The summed E-state index contributed by atoms with van der Waals surface area (Å²) in [7, 11) is 0. The van der Waals surface area contributed by atoms with Gasteiger partial charge < -0.3 is 14.6 Å². The van der Waals surface area contributed by atoms with Crippen LogP contribution < -0.4 is 0 Å². The molecule has 0 aromatic heterocycles. The molecular weight excluding hydrogens is 456 g/mol. The van der Waals surface area contributed by atoms with Crippen molar-refractivity contribution in [3.05, 3.63) is 34.9 Å². The van der Waals surface area contributed by atoms with Gasteiger partial charge in [0.15, 0.2) is 5.78 Å². The summed E-state index contributed by atoms with van der Waals surface area (Å²) in [6.07, 6.45) is 13.6. The zero-order chi connectivity index (χ0) is 26.7. The summed E-state index contributed by atoms with van der Waals surface area (Å²) < 4.78 is 10.9. The molecule has 2 saturated carbocycles. The van der Waals surface area contributed by atoms with E-state index in [0.29, 0.717) is 37.5 Å². The third-order valence-corrected chi connectivity index (χ3v) is 8.33. The van der Waals surface area contributed by atoms with Gasteiger partial charge in [-0.3, -0.25) is 14.4 Å². The maximum Gasteiger partial charge on any atom is 0.302 e. The largest absolute Gasteiger partial charge is 0.462 e. The molecule has 3 rings (SSSR count). The lowest BCUT2D eigenvalue weighted by Crippen LogP contribution is -2.34. The second-order valence-electron chi connectivity index (χ2n) is 11.8. The Morgan fingerprint density at radius 3 is 2.31 bits per heavy atom. The number of allylic oxidation sites excluding steroid dienone is 5. The van der Waals surface area contributed by atoms with Gasteiger partial charge in [-0.05, 0) is 63.2 Å². The van der Waals surface area contributed by atoms with Gasteiger partial charge in [0.1, 0.15) is 17.8 Å². The number of fused-ring (bicyclic) bond motifs is 1. The fraction of sp³-hybridized carbons (Fsp3) is 0.700. The molecule has 3 aliphatic carbocycles. The highest BCUT2D eigenvalue weighted by molar-refractivity contribution is 5.86. The fourth-order valence-corrected chi connectivity index (χ4v) is 6.56. The standard InChI is InChI=1S/C30H44O6/c1-19(9-14-28(33)29(4,5)34)26-12-13-27-23(8-7-15-30(26,27)6)11-10-22-16-24(35-20(2)31)18-25(17-22)36-21(3)32/h10-12,19,24-25,27,34H,7-9,13-18H2,1-6H3/b22-10?,23-11+/t19-,24-,25?,27?,30-/m1/s1. The number of hydrogen-bond acceptors (Lipinski definition) is 6. The summed E-state index contributed by atoms with van der Waals surface area (Å²) in [5.74, 6) is 0.0235. The highest BCUT2D eigenvalue weighted by atomic mass is 16.6. The summed E-state index contributed by atoms with van der Waals surface area (Å²) in [6, 6.07) is 0. The van der Waals surface area contributed by atoms with Crippen LogP contribution in [0.25, 0.3) is 0 Å². The van der Waals surface area contributed by atoms with Crippen molar-refractivity contribution < 1.29 is 29.0 Å². The molecule has 5 atom stereocenters. The van der Waals surface area contributed by atoms with Crippen molar-refractivity contribution in [2.75, 3.05) is 0 Å². The Hall–Kier alpha value is -2.21. The van der Waals surface area contributed by atoms with Crippen molar-refractivity contribution in [2.24, 2.45) is 17.3 Å². The van der Waals surface area contributed by atoms with Gasteiger partial charge in [0.05, 0.1) is 0 Å². The molecule has 36 heavy (non-hydrogen) atoms. The van der Waals surface area contributed by atoms with Crippen LogP contribution in [0.1, 0.15) is 99.3 Å². The van der Waals surface area contributed by atoms with Gasteiger partial charge in [-0.2, -0.15) is 0 Å². The van der Waals surface area contributed by atoms with Crippen molar-refractivity contribution in [1.82, 2.24) is 0 Å². The van der Waals surface area contributed by atoms with Crippen LogP contribution in [-0.2, 0) is 23.9 Å². The molecule has 2 fully saturated rings. The quantitative estimate of drug-likeness (QED) is 0.336. The predicted molar refractivity (Wildman–Crippen MR) is 139 cm³/mol. The van der Waals surface area contributed by atoms with Crippen LogP contribution in [0.2, 0.25) is 0 Å². The van der Waals surface area contributed by atoms with Crippen LogP contribution >= 0.6 is 0 Å². The Balaban J connectivity index is 1.72. The lowest BCUT2D eigenvalue weighted by atomic mass is 9.62. The lowest BCUT2D eigenvalue weighted by molar-refractivity contribution is -0.154. The summed E-state index contributed by atoms with van der Waals surface area (Å²) in [5, 5.41) is 10.00. The molecule has 1 N–H and O–H groups in total. The minimum atomic E-state index is -1.27. The Morgan fingerprint density at radius 1 is 1.14 bits per heavy atom. The van der Waals surface area contributed by atoms with E-state index in [1.165, 1.54) is 25.0 Å². The molecule has 6 heteroatoms. The second kappa shape index (κ2) is 11.5. The molecule has 0 spiro atoms. The zero-order valence-corrected chi connectivity index (χ0v) is 22.9.